The van der Waals surface area contributed by atoms with Crippen LogP contribution in [0.5, 0.6) is 5.75 Å². The number of carbonyl (C=O) groups is 2. The van der Waals surface area contributed by atoms with E-state index in [4.69, 9.17) is 8.92 Å². The third-order valence-corrected chi connectivity index (χ3v) is 5.35. The van der Waals surface area contributed by atoms with E-state index in [1.165, 1.54) is 19.1 Å². The van der Waals surface area contributed by atoms with Crippen LogP contribution in [-0.2, 0) is 30.9 Å². The van der Waals surface area contributed by atoms with Crippen molar-refractivity contribution in [3.8, 4) is 5.75 Å². The summed E-state index contributed by atoms with van der Waals surface area (Å²) in [6.07, 6.45) is 0.694. The fourth-order valence-electron chi connectivity index (χ4n) is 2.74. The highest BCUT2D eigenvalue weighted by Gasteiger charge is 2.18. The Labute approximate surface area is 171 Å². The van der Waals surface area contributed by atoms with Gasteiger partial charge in [-0.2, -0.15) is 8.42 Å². The third-order valence-electron chi connectivity index (χ3n) is 4.09. The zero-order valence-electron chi connectivity index (χ0n) is 16.5. The Morgan fingerprint density at radius 2 is 1.69 bits per heavy atom. The fraction of sp³-hybridized carbons (Fsp3) is 0.333. The lowest BCUT2D eigenvalue weighted by atomic mass is 9.96. The van der Waals surface area contributed by atoms with E-state index in [2.05, 4.69) is 5.32 Å². The van der Waals surface area contributed by atoms with Crippen molar-refractivity contribution in [1.82, 2.24) is 5.32 Å². The molecule has 156 valence electrons. The van der Waals surface area contributed by atoms with E-state index in [1.54, 1.807) is 49.4 Å². The third kappa shape index (κ3) is 7.57. The van der Waals surface area contributed by atoms with Gasteiger partial charge in [0, 0.05) is 13.5 Å². The average Bonchev–Trinajstić information content (AvgIpc) is 2.68. The molecule has 0 heterocycles. The molecule has 0 aliphatic rings. The van der Waals surface area contributed by atoms with Gasteiger partial charge in [0.25, 0.3) is 0 Å². The van der Waals surface area contributed by atoms with Crippen LogP contribution in [0.25, 0.3) is 0 Å². The quantitative estimate of drug-likeness (QED) is 0.470. The van der Waals surface area contributed by atoms with Crippen molar-refractivity contribution in [2.45, 2.75) is 31.6 Å². The molecule has 0 aliphatic heterocycles. The summed E-state index contributed by atoms with van der Waals surface area (Å²) >= 11 is 0. The second kappa shape index (κ2) is 10.6. The van der Waals surface area contributed by atoms with Crippen molar-refractivity contribution in [3.63, 3.8) is 0 Å². The number of esters is 1. The van der Waals surface area contributed by atoms with Gasteiger partial charge in [-0.05, 0) is 49.1 Å². The molecule has 2 aromatic rings. The number of rotatable bonds is 10. The highest BCUT2D eigenvalue weighted by molar-refractivity contribution is 7.87. The van der Waals surface area contributed by atoms with E-state index in [1.807, 2.05) is 0 Å². The maximum atomic E-state index is 12.3. The van der Waals surface area contributed by atoms with Crippen molar-refractivity contribution < 1.29 is 26.9 Å². The summed E-state index contributed by atoms with van der Waals surface area (Å²) in [4.78, 5) is 23.1. The van der Waals surface area contributed by atoms with E-state index in [0.717, 1.165) is 5.56 Å². The summed E-state index contributed by atoms with van der Waals surface area (Å²) in [5.41, 5.74) is 0.883. The highest BCUT2D eigenvalue weighted by Crippen LogP contribution is 2.21. The number of hydrogen-bond donors (Lipinski definition) is 1. The van der Waals surface area contributed by atoms with Crippen LogP contribution in [0, 0.1) is 5.92 Å². The molecule has 2 rings (SSSR count). The Morgan fingerprint density at radius 1 is 1.03 bits per heavy atom. The van der Waals surface area contributed by atoms with Gasteiger partial charge in [-0.1, -0.05) is 30.3 Å². The monoisotopic (exact) mass is 419 g/mol. The largest absolute Gasteiger partial charge is 0.466 e. The van der Waals surface area contributed by atoms with E-state index in [9.17, 15) is 18.0 Å². The lowest BCUT2D eigenvalue weighted by molar-refractivity contribution is -0.144. The molecule has 0 aliphatic carbocycles. The lowest BCUT2D eigenvalue weighted by Gasteiger charge is -2.17. The molecule has 2 aromatic carbocycles. The second-order valence-electron chi connectivity index (χ2n) is 6.51. The SMILES string of the molecule is CCOC(=O)CC(CNC(C)=O)Cc1ccc(OS(=O)(=O)c2ccccc2)cc1. The van der Waals surface area contributed by atoms with E-state index >= 15 is 0 Å². The summed E-state index contributed by atoms with van der Waals surface area (Å²) in [5.74, 6) is -0.440. The number of amides is 1. The van der Waals surface area contributed by atoms with Crippen molar-refractivity contribution in [2.75, 3.05) is 13.2 Å². The van der Waals surface area contributed by atoms with Gasteiger partial charge < -0.3 is 14.2 Å². The number of benzene rings is 2. The second-order valence-corrected chi connectivity index (χ2v) is 8.06. The minimum absolute atomic E-state index is 0.0777. The molecule has 1 unspecified atom stereocenters. The first-order valence-corrected chi connectivity index (χ1v) is 10.7. The predicted molar refractivity (Wildman–Crippen MR) is 108 cm³/mol. The number of hydrogen-bond acceptors (Lipinski definition) is 6. The Hall–Kier alpha value is -2.87. The Balaban J connectivity index is 2.04. The lowest BCUT2D eigenvalue weighted by Crippen LogP contribution is -2.30. The highest BCUT2D eigenvalue weighted by atomic mass is 32.2. The van der Waals surface area contributed by atoms with Crippen LogP contribution in [-0.4, -0.2) is 33.4 Å². The van der Waals surface area contributed by atoms with Crippen molar-refractivity contribution in [2.24, 2.45) is 5.92 Å². The molecule has 0 radical (unpaired) electrons. The normalized spacial score (nSPS) is 12.1. The zero-order chi connectivity index (χ0) is 21.3. The average molecular weight is 419 g/mol. The summed E-state index contributed by atoms with van der Waals surface area (Å²) in [6, 6.07) is 14.5. The van der Waals surface area contributed by atoms with Crippen LogP contribution in [0.4, 0.5) is 0 Å². The molecule has 0 aromatic heterocycles. The van der Waals surface area contributed by atoms with Crippen LogP contribution in [0.1, 0.15) is 25.8 Å². The smallest absolute Gasteiger partial charge is 0.339 e. The standard InChI is InChI=1S/C21H25NO6S/c1-3-27-21(24)14-18(15-22-16(2)23)13-17-9-11-19(12-10-17)28-29(25,26)20-7-5-4-6-8-20/h4-12,18H,3,13-15H2,1-2H3,(H,22,23). The first kappa shape index (κ1) is 22.4. The minimum atomic E-state index is -3.90. The van der Waals surface area contributed by atoms with Crippen LogP contribution < -0.4 is 9.50 Å². The van der Waals surface area contributed by atoms with Gasteiger partial charge in [0.05, 0.1) is 13.0 Å². The van der Waals surface area contributed by atoms with Gasteiger partial charge >= 0.3 is 16.1 Å². The molecule has 29 heavy (non-hydrogen) atoms. The van der Waals surface area contributed by atoms with Gasteiger partial charge in [0.15, 0.2) is 0 Å². The van der Waals surface area contributed by atoms with E-state index in [-0.39, 0.29) is 34.9 Å². The molecule has 0 bridgehead atoms. The predicted octanol–water partition coefficient (Wildman–Crippen LogP) is 2.70. The van der Waals surface area contributed by atoms with Crippen molar-refractivity contribution in [3.05, 3.63) is 60.2 Å². The Kier molecular flexibility index (Phi) is 8.21. The molecule has 0 fully saturated rings. The van der Waals surface area contributed by atoms with Crippen LogP contribution in [0.3, 0.4) is 0 Å². The van der Waals surface area contributed by atoms with Gasteiger partial charge in [0.1, 0.15) is 10.6 Å². The summed E-state index contributed by atoms with van der Waals surface area (Å²) in [5, 5.41) is 2.72. The number of ether oxygens (including phenoxy) is 1. The van der Waals surface area contributed by atoms with E-state index < -0.39 is 10.1 Å². The van der Waals surface area contributed by atoms with Crippen LogP contribution in [0.2, 0.25) is 0 Å². The molecule has 0 saturated heterocycles. The minimum Gasteiger partial charge on any atom is -0.466 e. The van der Waals surface area contributed by atoms with Gasteiger partial charge in [-0.3, -0.25) is 9.59 Å². The van der Waals surface area contributed by atoms with Crippen LogP contribution in [0.15, 0.2) is 59.5 Å². The summed E-state index contributed by atoms with van der Waals surface area (Å²) < 4.78 is 34.7. The molecule has 0 spiro atoms. The summed E-state index contributed by atoms with van der Waals surface area (Å²) in [7, 11) is -3.90. The molecule has 8 heteroatoms. The molecular formula is C21H25NO6S. The first-order chi connectivity index (χ1) is 13.8. The van der Waals surface area contributed by atoms with Gasteiger partial charge in [-0.25, -0.2) is 0 Å². The Morgan fingerprint density at radius 3 is 2.28 bits per heavy atom. The van der Waals surface area contributed by atoms with Gasteiger partial charge in [0.2, 0.25) is 5.91 Å². The van der Waals surface area contributed by atoms with Crippen molar-refractivity contribution >= 4 is 22.0 Å². The van der Waals surface area contributed by atoms with E-state index in [0.29, 0.717) is 19.6 Å². The van der Waals surface area contributed by atoms with Gasteiger partial charge in [-0.15, -0.1) is 0 Å². The zero-order valence-corrected chi connectivity index (χ0v) is 17.3. The van der Waals surface area contributed by atoms with Crippen LogP contribution >= 0.6 is 0 Å². The maximum absolute atomic E-state index is 12.3. The molecule has 1 atom stereocenters. The number of carbonyl (C=O) groups excluding carboxylic acids is 2. The Bertz CT molecular complexity index is 910. The molecule has 1 N–H and O–H groups in total. The molecule has 1 amide bonds. The number of nitrogens with one attached hydrogen (secondary N) is 1. The molecule has 7 nitrogen and oxygen atoms in total. The maximum Gasteiger partial charge on any atom is 0.339 e. The summed E-state index contributed by atoms with van der Waals surface area (Å²) in [6.45, 7) is 3.80. The topological polar surface area (TPSA) is 98.8 Å². The molecule has 0 saturated carbocycles. The molecular weight excluding hydrogens is 394 g/mol. The first-order valence-electron chi connectivity index (χ1n) is 9.28. The fourth-order valence-corrected chi connectivity index (χ4v) is 3.69. The van der Waals surface area contributed by atoms with Crippen molar-refractivity contribution in [1.29, 1.82) is 0 Å².